The number of amides is 2. The van der Waals surface area contributed by atoms with Crippen molar-refractivity contribution in [3.63, 3.8) is 0 Å². The average Bonchev–Trinajstić information content (AvgIpc) is 3.22. The van der Waals surface area contributed by atoms with E-state index in [1.165, 1.54) is 12.1 Å². The summed E-state index contributed by atoms with van der Waals surface area (Å²) in [4.78, 5) is 29.6. The molecular weight excluding hydrogens is 352 g/mol. The van der Waals surface area contributed by atoms with E-state index < -0.39 is 15.9 Å². The van der Waals surface area contributed by atoms with Gasteiger partial charge in [-0.2, -0.15) is 0 Å². The number of nitrogens with zero attached hydrogens (tertiary/aromatic N) is 2. The summed E-state index contributed by atoms with van der Waals surface area (Å²) >= 11 is 0. The Hall–Kier alpha value is -1.89. The molecule has 2 fully saturated rings. The summed E-state index contributed by atoms with van der Waals surface area (Å²) in [6, 6.07) is 5.67. The van der Waals surface area contributed by atoms with Crippen LogP contribution < -0.4 is 0 Å². The SMILES string of the molecule is CCS(=O)(=O)c1ccc(C(=O)N2CCCCC2C(=O)N2CCCC2)cc1. The first kappa shape index (κ1) is 18.9. The van der Waals surface area contributed by atoms with Crippen LogP contribution >= 0.6 is 0 Å². The first-order valence-corrected chi connectivity index (χ1v) is 11.0. The number of carbonyl (C=O) groups excluding carboxylic acids is 2. The van der Waals surface area contributed by atoms with Gasteiger partial charge in [-0.05, 0) is 56.4 Å². The molecule has 2 amide bonds. The molecule has 3 rings (SSSR count). The van der Waals surface area contributed by atoms with Gasteiger partial charge in [-0.1, -0.05) is 6.92 Å². The monoisotopic (exact) mass is 378 g/mol. The van der Waals surface area contributed by atoms with E-state index in [2.05, 4.69) is 0 Å². The summed E-state index contributed by atoms with van der Waals surface area (Å²) in [5, 5.41) is 0. The fourth-order valence-electron chi connectivity index (χ4n) is 3.72. The van der Waals surface area contributed by atoms with Gasteiger partial charge in [-0.25, -0.2) is 8.42 Å². The van der Waals surface area contributed by atoms with Crippen molar-refractivity contribution >= 4 is 21.7 Å². The molecule has 0 bridgehead atoms. The van der Waals surface area contributed by atoms with Crippen LogP contribution in [0, 0.1) is 0 Å². The summed E-state index contributed by atoms with van der Waals surface area (Å²) in [5.41, 5.74) is 0.432. The Morgan fingerprint density at radius 2 is 1.62 bits per heavy atom. The van der Waals surface area contributed by atoms with Gasteiger partial charge in [-0.3, -0.25) is 9.59 Å². The van der Waals surface area contributed by atoms with Crippen molar-refractivity contribution in [2.45, 2.75) is 50.0 Å². The van der Waals surface area contributed by atoms with Gasteiger partial charge in [-0.15, -0.1) is 0 Å². The lowest BCUT2D eigenvalue weighted by molar-refractivity contribution is -0.136. The van der Waals surface area contributed by atoms with E-state index in [0.717, 1.165) is 38.8 Å². The minimum atomic E-state index is -3.29. The van der Waals surface area contributed by atoms with E-state index in [0.29, 0.717) is 18.5 Å². The second-order valence-electron chi connectivity index (χ2n) is 6.97. The van der Waals surface area contributed by atoms with Crippen LogP contribution in [0.4, 0.5) is 0 Å². The molecule has 26 heavy (non-hydrogen) atoms. The Bertz CT molecular complexity index is 767. The third-order valence-corrected chi connectivity index (χ3v) is 7.06. The number of hydrogen-bond acceptors (Lipinski definition) is 4. The molecule has 1 atom stereocenters. The van der Waals surface area contributed by atoms with Crippen LogP contribution in [0.3, 0.4) is 0 Å². The van der Waals surface area contributed by atoms with Crippen molar-refractivity contribution < 1.29 is 18.0 Å². The van der Waals surface area contributed by atoms with Crippen molar-refractivity contribution in [2.24, 2.45) is 0 Å². The highest BCUT2D eigenvalue weighted by molar-refractivity contribution is 7.91. The summed E-state index contributed by atoms with van der Waals surface area (Å²) in [6.45, 7) is 3.72. The van der Waals surface area contributed by atoms with Gasteiger partial charge in [0.1, 0.15) is 6.04 Å². The average molecular weight is 378 g/mol. The molecule has 1 aromatic rings. The highest BCUT2D eigenvalue weighted by Gasteiger charge is 2.35. The van der Waals surface area contributed by atoms with E-state index in [1.54, 1.807) is 24.0 Å². The first-order valence-electron chi connectivity index (χ1n) is 9.36. The summed E-state index contributed by atoms with van der Waals surface area (Å²) in [6.07, 6.45) is 4.59. The molecule has 1 unspecified atom stereocenters. The van der Waals surface area contributed by atoms with Gasteiger partial charge in [0.2, 0.25) is 5.91 Å². The zero-order valence-corrected chi connectivity index (χ0v) is 16.0. The molecule has 0 aromatic heterocycles. The maximum Gasteiger partial charge on any atom is 0.254 e. The number of rotatable bonds is 4. The lowest BCUT2D eigenvalue weighted by atomic mass is 9.99. The van der Waals surface area contributed by atoms with Crippen LogP contribution in [0.15, 0.2) is 29.2 Å². The molecule has 142 valence electrons. The van der Waals surface area contributed by atoms with Crippen LogP contribution in [-0.4, -0.2) is 61.5 Å². The summed E-state index contributed by atoms with van der Waals surface area (Å²) in [5.74, 6) is -0.109. The molecule has 0 radical (unpaired) electrons. The summed E-state index contributed by atoms with van der Waals surface area (Å²) < 4.78 is 23.9. The molecular formula is C19H26N2O4S. The normalized spacial score (nSPS) is 21.0. The Balaban J connectivity index is 1.79. The minimum Gasteiger partial charge on any atom is -0.341 e. The lowest BCUT2D eigenvalue weighted by Gasteiger charge is -2.36. The lowest BCUT2D eigenvalue weighted by Crippen LogP contribution is -2.52. The Labute approximate surface area is 155 Å². The Morgan fingerprint density at radius 1 is 1.00 bits per heavy atom. The van der Waals surface area contributed by atoms with E-state index in [9.17, 15) is 18.0 Å². The fraction of sp³-hybridized carbons (Fsp3) is 0.579. The third-order valence-electron chi connectivity index (χ3n) is 5.31. The maximum absolute atomic E-state index is 13.0. The molecule has 0 aliphatic carbocycles. The second kappa shape index (κ2) is 7.78. The number of hydrogen-bond donors (Lipinski definition) is 0. The molecule has 7 heteroatoms. The molecule has 1 aromatic carbocycles. The van der Waals surface area contributed by atoms with E-state index in [-0.39, 0.29) is 22.5 Å². The van der Waals surface area contributed by atoms with Crippen molar-refractivity contribution in [2.75, 3.05) is 25.4 Å². The van der Waals surface area contributed by atoms with Crippen molar-refractivity contribution in [1.29, 1.82) is 0 Å². The predicted molar refractivity (Wildman–Crippen MR) is 98.7 cm³/mol. The van der Waals surface area contributed by atoms with E-state index in [1.807, 2.05) is 4.90 Å². The van der Waals surface area contributed by atoms with Gasteiger partial charge in [0.15, 0.2) is 9.84 Å². The van der Waals surface area contributed by atoms with E-state index in [4.69, 9.17) is 0 Å². The number of likely N-dealkylation sites (tertiary alicyclic amines) is 2. The minimum absolute atomic E-state index is 0.0266. The molecule has 0 spiro atoms. The molecule has 0 saturated carbocycles. The Morgan fingerprint density at radius 3 is 2.23 bits per heavy atom. The fourth-order valence-corrected chi connectivity index (χ4v) is 4.60. The largest absolute Gasteiger partial charge is 0.341 e. The van der Waals surface area contributed by atoms with Crippen LogP contribution in [0.5, 0.6) is 0 Å². The molecule has 2 aliphatic heterocycles. The molecule has 2 aliphatic rings. The number of benzene rings is 1. The first-order chi connectivity index (χ1) is 12.4. The highest BCUT2D eigenvalue weighted by Crippen LogP contribution is 2.24. The molecule has 2 heterocycles. The number of piperidine rings is 1. The standard InChI is InChI=1S/C19H26N2O4S/c1-2-26(24,25)16-10-8-15(9-11-16)18(22)21-14-4-3-7-17(21)19(23)20-12-5-6-13-20/h8-11,17H,2-7,12-14H2,1H3. The van der Waals surface area contributed by atoms with Crippen LogP contribution in [-0.2, 0) is 14.6 Å². The third kappa shape index (κ3) is 3.77. The van der Waals surface area contributed by atoms with Crippen LogP contribution in [0.2, 0.25) is 0 Å². The second-order valence-corrected chi connectivity index (χ2v) is 9.25. The quantitative estimate of drug-likeness (QED) is 0.804. The Kier molecular flexibility index (Phi) is 5.65. The van der Waals surface area contributed by atoms with Gasteiger partial charge in [0.05, 0.1) is 10.6 Å². The van der Waals surface area contributed by atoms with Crippen LogP contribution in [0.25, 0.3) is 0 Å². The van der Waals surface area contributed by atoms with E-state index >= 15 is 0 Å². The smallest absolute Gasteiger partial charge is 0.254 e. The van der Waals surface area contributed by atoms with Crippen LogP contribution in [0.1, 0.15) is 49.4 Å². The molecule has 0 N–H and O–H groups in total. The van der Waals surface area contributed by atoms with Crippen molar-refractivity contribution in [1.82, 2.24) is 9.80 Å². The maximum atomic E-state index is 13.0. The van der Waals surface area contributed by atoms with Crippen molar-refractivity contribution in [3.05, 3.63) is 29.8 Å². The van der Waals surface area contributed by atoms with Crippen molar-refractivity contribution in [3.8, 4) is 0 Å². The van der Waals surface area contributed by atoms with Gasteiger partial charge in [0, 0.05) is 25.2 Å². The summed E-state index contributed by atoms with van der Waals surface area (Å²) in [7, 11) is -3.29. The number of carbonyl (C=O) groups is 2. The van der Waals surface area contributed by atoms with Gasteiger partial charge in [0.25, 0.3) is 5.91 Å². The highest BCUT2D eigenvalue weighted by atomic mass is 32.2. The topological polar surface area (TPSA) is 74.8 Å². The van der Waals surface area contributed by atoms with Gasteiger partial charge < -0.3 is 9.80 Å². The van der Waals surface area contributed by atoms with Gasteiger partial charge >= 0.3 is 0 Å². The molecule has 6 nitrogen and oxygen atoms in total. The predicted octanol–water partition coefficient (Wildman–Crippen LogP) is 2.10. The zero-order valence-electron chi connectivity index (χ0n) is 15.2. The zero-order chi connectivity index (χ0) is 18.7. The molecule has 2 saturated heterocycles. The number of sulfone groups is 1.